The summed E-state index contributed by atoms with van der Waals surface area (Å²) in [6, 6.07) is 11.0. The topological polar surface area (TPSA) is 48.8 Å². The Labute approximate surface area is 156 Å². The number of hydrogen-bond acceptors (Lipinski definition) is 3. The summed E-state index contributed by atoms with van der Waals surface area (Å²) in [6.45, 7) is 3.09. The maximum Gasteiger partial charge on any atom is 0.281 e. The zero-order chi connectivity index (χ0) is 18.5. The number of piperidine rings is 1. The molecule has 0 spiro atoms. The van der Waals surface area contributed by atoms with Crippen LogP contribution in [0.3, 0.4) is 0 Å². The van der Waals surface area contributed by atoms with Gasteiger partial charge in [0.2, 0.25) is 0 Å². The normalized spacial score (nSPS) is 25.2. The zero-order valence-electron chi connectivity index (χ0n) is 15.8. The highest BCUT2D eigenvalue weighted by Crippen LogP contribution is 2.31. The second kappa shape index (κ2) is 6.64. The van der Waals surface area contributed by atoms with Gasteiger partial charge in [-0.15, -0.1) is 0 Å². The molecule has 6 nitrogen and oxygen atoms in total. The fourth-order valence-electron chi connectivity index (χ4n) is 4.45. The fourth-order valence-corrected chi connectivity index (χ4v) is 5.68. The predicted octanol–water partition coefficient (Wildman–Crippen LogP) is 1.88. The van der Waals surface area contributed by atoms with Crippen LogP contribution in [0.15, 0.2) is 30.3 Å². The first-order chi connectivity index (χ1) is 12.4. The molecule has 3 saturated heterocycles. The number of para-hydroxylation sites is 1. The van der Waals surface area contributed by atoms with Gasteiger partial charge in [-0.1, -0.05) is 18.2 Å². The van der Waals surface area contributed by atoms with Gasteiger partial charge in [-0.05, 0) is 36.3 Å². The third kappa shape index (κ3) is 3.07. The van der Waals surface area contributed by atoms with E-state index >= 15 is 0 Å². The average Bonchev–Trinajstić information content (AvgIpc) is 2.78. The average molecular weight is 377 g/mol. The van der Waals surface area contributed by atoms with Gasteiger partial charge in [-0.2, -0.15) is 17.0 Å². The standard InChI is InChI=1S/C19H28N4O2S/c1-20(2)26(24,25)23-12-15-8-9-17(14-23)22(11-15)13-18-10-16-6-4-5-7-19(16)21(18)3/h4-7,10,15,17H,8-9,11-14H2,1-3H3/t15-,17-/m1/s1. The van der Waals surface area contributed by atoms with Crippen molar-refractivity contribution in [1.82, 2.24) is 18.1 Å². The van der Waals surface area contributed by atoms with Gasteiger partial charge in [0.15, 0.2) is 0 Å². The van der Waals surface area contributed by atoms with E-state index in [9.17, 15) is 8.42 Å². The van der Waals surface area contributed by atoms with Crippen molar-refractivity contribution in [3.63, 3.8) is 0 Å². The summed E-state index contributed by atoms with van der Waals surface area (Å²) < 4.78 is 30.5. The third-order valence-electron chi connectivity index (χ3n) is 6.00. The zero-order valence-corrected chi connectivity index (χ0v) is 16.6. The van der Waals surface area contributed by atoms with E-state index in [-0.39, 0.29) is 0 Å². The highest BCUT2D eigenvalue weighted by Gasteiger charge is 2.39. The Kier molecular flexibility index (Phi) is 4.59. The maximum absolute atomic E-state index is 12.6. The van der Waals surface area contributed by atoms with Crippen molar-refractivity contribution in [3.8, 4) is 0 Å². The van der Waals surface area contributed by atoms with Crippen LogP contribution in [-0.2, 0) is 23.8 Å². The SMILES string of the molecule is CN(C)S(=O)(=O)N1C[C@@H]2CC[C@H](C1)N(Cc1cc3ccccc3n1C)C2. The Bertz CT molecular complexity index is 905. The summed E-state index contributed by atoms with van der Waals surface area (Å²) in [5.74, 6) is 0.415. The highest BCUT2D eigenvalue weighted by atomic mass is 32.2. The molecule has 2 bridgehead atoms. The van der Waals surface area contributed by atoms with Gasteiger partial charge < -0.3 is 4.57 Å². The Hall–Kier alpha value is -1.41. The van der Waals surface area contributed by atoms with Crippen LogP contribution < -0.4 is 0 Å². The molecule has 0 radical (unpaired) electrons. The smallest absolute Gasteiger partial charge is 0.281 e. The molecule has 5 rings (SSSR count). The molecule has 26 heavy (non-hydrogen) atoms. The van der Waals surface area contributed by atoms with E-state index in [2.05, 4.69) is 46.8 Å². The lowest BCUT2D eigenvalue weighted by atomic mass is 9.95. The van der Waals surface area contributed by atoms with Crippen molar-refractivity contribution in [3.05, 3.63) is 36.0 Å². The van der Waals surface area contributed by atoms with E-state index in [4.69, 9.17) is 0 Å². The van der Waals surface area contributed by atoms with E-state index < -0.39 is 10.2 Å². The number of benzene rings is 1. The van der Waals surface area contributed by atoms with Crippen LogP contribution in [0.4, 0.5) is 0 Å². The maximum atomic E-state index is 12.6. The summed E-state index contributed by atoms with van der Waals surface area (Å²) in [5.41, 5.74) is 2.54. The molecule has 142 valence electrons. The Morgan fingerprint density at radius 1 is 1.12 bits per heavy atom. The highest BCUT2D eigenvalue weighted by molar-refractivity contribution is 7.86. The van der Waals surface area contributed by atoms with Crippen LogP contribution in [0.5, 0.6) is 0 Å². The van der Waals surface area contributed by atoms with Crippen LogP contribution in [0.1, 0.15) is 18.5 Å². The van der Waals surface area contributed by atoms with E-state index in [1.807, 2.05) is 0 Å². The van der Waals surface area contributed by atoms with Gasteiger partial charge >= 0.3 is 0 Å². The molecule has 7 heteroatoms. The lowest BCUT2D eigenvalue weighted by molar-refractivity contribution is 0.123. The van der Waals surface area contributed by atoms with Crippen molar-refractivity contribution in [2.45, 2.75) is 25.4 Å². The quantitative estimate of drug-likeness (QED) is 0.819. The molecule has 3 aliphatic rings. The molecule has 4 heterocycles. The van der Waals surface area contributed by atoms with Gasteiger partial charge in [0.05, 0.1) is 0 Å². The van der Waals surface area contributed by atoms with Crippen LogP contribution in [-0.4, -0.2) is 66.3 Å². The monoisotopic (exact) mass is 376 g/mol. The number of hydrogen-bond donors (Lipinski definition) is 0. The first-order valence-electron chi connectivity index (χ1n) is 9.31. The Morgan fingerprint density at radius 2 is 1.88 bits per heavy atom. The molecule has 0 aliphatic carbocycles. The lowest BCUT2D eigenvalue weighted by Gasteiger charge is -2.36. The van der Waals surface area contributed by atoms with Crippen molar-refractivity contribution in [1.29, 1.82) is 0 Å². The summed E-state index contributed by atoms with van der Waals surface area (Å²) >= 11 is 0. The lowest BCUT2D eigenvalue weighted by Crippen LogP contribution is -2.46. The van der Waals surface area contributed by atoms with Crippen LogP contribution in [0.25, 0.3) is 10.9 Å². The molecule has 3 aliphatic heterocycles. The van der Waals surface area contributed by atoms with Gasteiger partial charge in [0.25, 0.3) is 10.2 Å². The molecule has 2 atom stereocenters. The minimum absolute atomic E-state index is 0.293. The summed E-state index contributed by atoms with van der Waals surface area (Å²) in [5, 5.41) is 1.27. The second-order valence-corrected chi connectivity index (χ2v) is 10.0. The summed E-state index contributed by atoms with van der Waals surface area (Å²) in [7, 11) is 2.02. The molecule has 0 unspecified atom stereocenters. The van der Waals surface area contributed by atoms with Crippen molar-refractivity contribution in [2.24, 2.45) is 13.0 Å². The van der Waals surface area contributed by atoms with E-state index in [1.165, 1.54) is 20.9 Å². The summed E-state index contributed by atoms with van der Waals surface area (Å²) in [6.07, 6.45) is 2.20. The van der Waals surface area contributed by atoms with Crippen molar-refractivity contribution < 1.29 is 8.42 Å². The minimum Gasteiger partial charge on any atom is -0.346 e. The van der Waals surface area contributed by atoms with Gasteiger partial charge in [-0.25, -0.2) is 0 Å². The van der Waals surface area contributed by atoms with E-state index in [0.717, 1.165) is 25.9 Å². The molecular weight excluding hydrogens is 348 g/mol. The molecule has 2 aromatic rings. The Morgan fingerprint density at radius 3 is 2.62 bits per heavy atom. The number of aromatic nitrogens is 1. The number of aryl methyl sites for hydroxylation is 1. The number of fused-ring (bicyclic) bond motifs is 5. The molecule has 1 aromatic carbocycles. The first kappa shape index (κ1) is 18.0. The summed E-state index contributed by atoms with van der Waals surface area (Å²) in [4.78, 5) is 2.49. The van der Waals surface area contributed by atoms with E-state index in [0.29, 0.717) is 25.0 Å². The largest absolute Gasteiger partial charge is 0.346 e. The van der Waals surface area contributed by atoms with Gasteiger partial charge in [0.1, 0.15) is 0 Å². The van der Waals surface area contributed by atoms with E-state index in [1.54, 1.807) is 18.4 Å². The van der Waals surface area contributed by atoms with Crippen LogP contribution in [0, 0.1) is 5.92 Å². The Balaban J connectivity index is 1.58. The number of nitrogens with zero attached hydrogens (tertiary/aromatic N) is 4. The fraction of sp³-hybridized carbons (Fsp3) is 0.579. The molecule has 0 N–H and O–H groups in total. The van der Waals surface area contributed by atoms with Crippen molar-refractivity contribution >= 4 is 21.1 Å². The predicted molar refractivity (Wildman–Crippen MR) is 104 cm³/mol. The van der Waals surface area contributed by atoms with Crippen molar-refractivity contribution in [2.75, 3.05) is 33.7 Å². The molecule has 0 saturated carbocycles. The first-order valence-corrected chi connectivity index (χ1v) is 10.7. The van der Waals surface area contributed by atoms with Gasteiger partial charge in [0, 0.05) is 64.6 Å². The van der Waals surface area contributed by atoms with Crippen LogP contribution >= 0.6 is 0 Å². The third-order valence-corrected chi connectivity index (χ3v) is 7.87. The minimum atomic E-state index is -3.34. The number of rotatable bonds is 4. The van der Waals surface area contributed by atoms with Crippen LogP contribution in [0.2, 0.25) is 0 Å². The molecule has 1 aromatic heterocycles. The second-order valence-electron chi connectivity index (χ2n) is 7.89. The van der Waals surface area contributed by atoms with Gasteiger partial charge in [-0.3, -0.25) is 4.90 Å². The molecule has 0 amide bonds. The molecule has 3 fully saturated rings. The molecular formula is C19H28N4O2S.